The molecule has 0 saturated carbocycles. The molecule has 1 amide bonds. The van der Waals surface area contributed by atoms with Crippen molar-refractivity contribution < 1.29 is 4.79 Å². The van der Waals surface area contributed by atoms with Crippen LogP contribution in [0.4, 0.5) is 5.95 Å². The van der Waals surface area contributed by atoms with Crippen molar-refractivity contribution in [3.63, 3.8) is 0 Å². The molecule has 3 N–H and O–H groups in total. The first-order valence-electron chi connectivity index (χ1n) is 8.35. The molecular formula is C19H18N4O2S. The predicted molar refractivity (Wildman–Crippen MR) is 102 cm³/mol. The maximum Gasteiger partial charge on any atom is 0.264 e. The number of rotatable bonds is 2. The van der Waals surface area contributed by atoms with Gasteiger partial charge in [-0.3, -0.25) is 14.6 Å². The zero-order valence-electron chi connectivity index (χ0n) is 14.3. The third-order valence-electron chi connectivity index (χ3n) is 4.54. The molecule has 1 aliphatic heterocycles. The van der Waals surface area contributed by atoms with Gasteiger partial charge in [0, 0.05) is 17.0 Å². The molecule has 0 aliphatic carbocycles. The molecule has 0 saturated heterocycles. The largest absolute Gasteiger partial charge is 0.369 e. The van der Waals surface area contributed by atoms with E-state index in [1.165, 1.54) is 11.3 Å². The van der Waals surface area contributed by atoms with E-state index in [9.17, 15) is 9.59 Å². The van der Waals surface area contributed by atoms with Gasteiger partial charge in [-0.2, -0.15) is 0 Å². The Morgan fingerprint density at radius 1 is 1.31 bits per heavy atom. The van der Waals surface area contributed by atoms with Crippen molar-refractivity contribution in [1.29, 1.82) is 0 Å². The van der Waals surface area contributed by atoms with E-state index in [1.54, 1.807) is 4.90 Å². The van der Waals surface area contributed by atoms with Gasteiger partial charge in [0.05, 0.1) is 17.1 Å². The van der Waals surface area contributed by atoms with Gasteiger partial charge in [-0.15, -0.1) is 11.3 Å². The number of H-pyrrole nitrogens is 1. The normalized spacial score (nSPS) is 13.5. The first kappa shape index (κ1) is 16.5. The summed E-state index contributed by atoms with van der Waals surface area (Å²) in [6.45, 7) is 2.82. The number of aryl methyl sites for hydroxylation is 1. The van der Waals surface area contributed by atoms with Crippen LogP contribution in [0.15, 0.2) is 41.2 Å². The zero-order valence-corrected chi connectivity index (χ0v) is 15.1. The lowest BCUT2D eigenvalue weighted by Gasteiger charge is -2.27. The molecule has 0 radical (unpaired) electrons. The van der Waals surface area contributed by atoms with Crippen molar-refractivity contribution in [2.45, 2.75) is 19.9 Å². The Bertz CT molecular complexity index is 1040. The number of benzene rings is 1. The second kappa shape index (κ2) is 6.42. The second-order valence-corrected chi connectivity index (χ2v) is 7.39. The highest BCUT2D eigenvalue weighted by molar-refractivity contribution is 7.17. The van der Waals surface area contributed by atoms with Crippen LogP contribution in [-0.4, -0.2) is 27.3 Å². The Kier molecular flexibility index (Phi) is 4.08. The molecule has 4 rings (SSSR count). The number of carbonyl (C=O) groups is 1. The molecule has 132 valence electrons. The molecule has 2 aromatic heterocycles. The van der Waals surface area contributed by atoms with Gasteiger partial charge in [-0.1, -0.05) is 30.3 Å². The summed E-state index contributed by atoms with van der Waals surface area (Å²) in [4.78, 5) is 35.2. The van der Waals surface area contributed by atoms with Crippen LogP contribution in [-0.2, 0) is 13.0 Å². The van der Waals surface area contributed by atoms with E-state index in [-0.39, 0.29) is 17.4 Å². The Morgan fingerprint density at radius 3 is 2.85 bits per heavy atom. The topological polar surface area (TPSA) is 92.1 Å². The lowest BCUT2D eigenvalue weighted by Crippen LogP contribution is -2.39. The minimum absolute atomic E-state index is 0.0356. The highest BCUT2D eigenvalue weighted by Gasteiger charge is 2.26. The highest BCUT2D eigenvalue weighted by atomic mass is 32.1. The minimum atomic E-state index is -0.210. The maximum atomic E-state index is 13.0. The Morgan fingerprint density at radius 2 is 2.08 bits per heavy atom. The van der Waals surface area contributed by atoms with Crippen molar-refractivity contribution in [2.75, 3.05) is 12.3 Å². The fourth-order valence-corrected chi connectivity index (χ4v) is 4.40. The lowest BCUT2D eigenvalue weighted by molar-refractivity contribution is 0.0736. The van der Waals surface area contributed by atoms with Crippen LogP contribution in [0.3, 0.4) is 0 Å². The first-order valence-corrected chi connectivity index (χ1v) is 9.17. The Balaban J connectivity index is 1.62. The van der Waals surface area contributed by atoms with Gasteiger partial charge in [0.25, 0.3) is 11.5 Å². The Labute approximate surface area is 154 Å². The maximum absolute atomic E-state index is 13.0. The fourth-order valence-electron chi connectivity index (χ4n) is 3.25. The molecular weight excluding hydrogens is 348 g/mol. The van der Waals surface area contributed by atoms with E-state index in [0.29, 0.717) is 35.6 Å². The third-order valence-corrected chi connectivity index (χ3v) is 5.82. The number of aromatic nitrogens is 2. The number of nitrogen functional groups attached to an aromatic ring is 1. The van der Waals surface area contributed by atoms with Crippen molar-refractivity contribution in [3.8, 4) is 10.4 Å². The van der Waals surface area contributed by atoms with Gasteiger partial charge < -0.3 is 10.6 Å². The first-order chi connectivity index (χ1) is 12.5. The van der Waals surface area contributed by atoms with Gasteiger partial charge >= 0.3 is 0 Å². The quantitative estimate of drug-likeness (QED) is 0.729. The SMILES string of the molecule is Cc1cc(C(=O)N2CCc3c(nc(N)[nH]c3=O)C2)sc1-c1ccccc1. The van der Waals surface area contributed by atoms with E-state index < -0.39 is 0 Å². The summed E-state index contributed by atoms with van der Waals surface area (Å²) in [6.07, 6.45) is 0.486. The zero-order chi connectivity index (χ0) is 18.3. The molecule has 26 heavy (non-hydrogen) atoms. The van der Waals surface area contributed by atoms with Gasteiger partial charge in [-0.25, -0.2) is 4.98 Å². The fraction of sp³-hybridized carbons (Fsp3) is 0.211. The number of anilines is 1. The number of nitrogens with two attached hydrogens (primary N) is 1. The van der Waals surface area contributed by atoms with E-state index >= 15 is 0 Å². The molecule has 7 heteroatoms. The molecule has 1 aromatic carbocycles. The molecule has 6 nitrogen and oxygen atoms in total. The van der Waals surface area contributed by atoms with Crippen molar-refractivity contribution in [2.24, 2.45) is 0 Å². The van der Waals surface area contributed by atoms with Gasteiger partial charge in [-0.05, 0) is 30.5 Å². The summed E-state index contributed by atoms with van der Waals surface area (Å²) in [5.41, 5.74) is 8.83. The summed E-state index contributed by atoms with van der Waals surface area (Å²) >= 11 is 1.50. The average molecular weight is 366 g/mol. The number of nitrogens with zero attached hydrogens (tertiary/aromatic N) is 2. The summed E-state index contributed by atoms with van der Waals surface area (Å²) in [6, 6.07) is 12.0. The third kappa shape index (κ3) is 2.90. The number of thiophene rings is 1. The van der Waals surface area contributed by atoms with Crippen LogP contribution in [0.5, 0.6) is 0 Å². The monoisotopic (exact) mass is 366 g/mol. The number of carbonyl (C=O) groups excluding carboxylic acids is 1. The molecule has 0 fully saturated rings. The molecule has 0 unspecified atom stereocenters. The van der Waals surface area contributed by atoms with E-state index in [4.69, 9.17) is 5.73 Å². The van der Waals surface area contributed by atoms with Crippen LogP contribution < -0.4 is 11.3 Å². The molecule has 0 bridgehead atoms. The van der Waals surface area contributed by atoms with E-state index in [2.05, 4.69) is 9.97 Å². The minimum Gasteiger partial charge on any atom is -0.369 e. The van der Waals surface area contributed by atoms with Crippen LogP contribution >= 0.6 is 11.3 Å². The summed E-state index contributed by atoms with van der Waals surface area (Å²) in [7, 11) is 0. The second-order valence-electron chi connectivity index (χ2n) is 6.34. The summed E-state index contributed by atoms with van der Waals surface area (Å²) in [5, 5.41) is 0. The van der Waals surface area contributed by atoms with Gasteiger partial charge in [0.2, 0.25) is 5.95 Å². The number of aromatic amines is 1. The molecule has 3 aromatic rings. The van der Waals surface area contributed by atoms with Gasteiger partial charge in [0.1, 0.15) is 0 Å². The van der Waals surface area contributed by atoms with E-state index in [1.807, 2.05) is 43.3 Å². The van der Waals surface area contributed by atoms with Gasteiger partial charge in [0.15, 0.2) is 0 Å². The number of hydrogen-bond acceptors (Lipinski definition) is 5. The molecule has 1 aliphatic rings. The average Bonchev–Trinajstić information content (AvgIpc) is 3.03. The number of fused-ring (bicyclic) bond motifs is 1. The highest BCUT2D eigenvalue weighted by Crippen LogP contribution is 2.33. The van der Waals surface area contributed by atoms with Crippen LogP contribution in [0, 0.1) is 6.92 Å². The molecule has 0 spiro atoms. The predicted octanol–water partition coefficient (Wildman–Crippen LogP) is 2.59. The number of amides is 1. The van der Waals surface area contributed by atoms with Crippen molar-refractivity contribution >= 4 is 23.2 Å². The summed E-state index contributed by atoms with van der Waals surface area (Å²) in [5.74, 6) is 0.0490. The Hall–Kier alpha value is -2.93. The molecule has 3 heterocycles. The lowest BCUT2D eigenvalue weighted by atomic mass is 10.1. The van der Waals surface area contributed by atoms with E-state index in [0.717, 1.165) is 16.0 Å². The van der Waals surface area contributed by atoms with Crippen molar-refractivity contribution in [3.05, 3.63) is 68.4 Å². The van der Waals surface area contributed by atoms with Crippen LogP contribution in [0.25, 0.3) is 10.4 Å². The van der Waals surface area contributed by atoms with Crippen molar-refractivity contribution in [1.82, 2.24) is 14.9 Å². The van der Waals surface area contributed by atoms with Crippen LogP contribution in [0.1, 0.15) is 26.5 Å². The standard InChI is InChI=1S/C19H18N4O2S/c1-11-9-15(26-16(11)12-5-3-2-4-6-12)18(25)23-8-7-13-14(10-23)21-19(20)22-17(13)24/h2-6,9H,7-8,10H2,1H3,(H3,20,21,22,24). The van der Waals surface area contributed by atoms with Crippen LogP contribution in [0.2, 0.25) is 0 Å². The molecule has 0 atom stereocenters. The number of nitrogens with one attached hydrogen (secondary N) is 1. The summed E-state index contributed by atoms with van der Waals surface area (Å²) < 4.78 is 0. The smallest absolute Gasteiger partial charge is 0.264 e. The number of hydrogen-bond donors (Lipinski definition) is 2.